The fourth-order valence-electron chi connectivity index (χ4n) is 1.56. The fraction of sp³-hybridized carbons (Fsp3) is 0. The van der Waals surface area contributed by atoms with Gasteiger partial charge in [0.1, 0.15) is 0 Å². The molecule has 0 atom stereocenters. The molecule has 0 radical (unpaired) electrons. The molecule has 0 amide bonds. The molecule has 3 rings (SSSR count). The first-order valence-corrected chi connectivity index (χ1v) is 10.8. The smallest absolute Gasteiger partial charge is 0.0809 e. The van der Waals surface area contributed by atoms with Gasteiger partial charge in [-0.05, 0) is 12.1 Å². The molecule has 0 unspecified atom stereocenters. The van der Waals surface area contributed by atoms with Gasteiger partial charge in [-0.2, -0.15) is 17.5 Å². The van der Waals surface area contributed by atoms with Gasteiger partial charge in [0.2, 0.25) is 0 Å². The molecule has 0 heterocycles. The molecular weight excluding hydrogens is 386 g/mol. The van der Waals surface area contributed by atoms with Crippen molar-refractivity contribution in [2.45, 2.75) is 0 Å². The third-order valence-corrected chi connectivity index (χ3v) is 3.10. The SMILES string of the molecule is Oc1c(Cl)cccc1Cl.[Cl][Ti][Cl].c1ccc2[cH-]ccc2c1. The first-order chi connectivity index (χ1) is 10.1. The molecule has 3 aromatic rings. The summed E-state index contributed by atoms with van der Waals surface area (Å²) in [7, 11) is 9.78. The van der Waals surface area contributed by atoms with Crippen molar-refractivity contribution in [1.29, 1.82) is 0 Å². The predicted molar refractivity (Wildman–Crippen MR) is 89.4 cm³/mol. The Kier molecular flexibility index (Phi) is 9.34. The molecule has 1 nitrogen and oxygen atoms in total. The Bertz CT molecular complexity index is 619. The summed E-state index contributed by atoms with van der Waals surface area (Å²) in [5, 5.41) is 12.2. The van der Waals surface area contributed by atoms with Gasteiger partial charge in [-0.1, -0.05) is 35.3 Å². The number of rotatable bonds is 0. The van der Waals surface area contributed by atoms with Gasteiger partial charge in [-0.25, -0.2) is 0 Å². The van der Waals surface area contributed by atoms with E-state index >= 15 is 0 Å². The van der Waals surface area contributed by atoms with Crippen molar-refractivity contribution in [2.24, 2.45) is 0 Å². The topological polar surface area (TPSA) is 20.2 Å². The van der Waals surface area contributed by atoms with Crippen LogP contribution >= 0.6 is 41.8 Å². The van der Waals surface area contributed by atoms with E-state index in [4.69, 9.17) is 46.9 Å². The summed E-state index contributed by atoms with van der Waals surface area (Å²) in [5.74, 6) is -0.0548. The number of fused-ring (bicyclic) bond motifs is 1. The predicted octanol–water partition coefficient (Wildman–Crippen LogP) is 6.63. The molecule has 0 aromatic heterocycles. The summed E-state index contributed by atoms with van der Waals surface area (Å²) >= 11 is 10.4. The minimum atomic E-state index is -0.556. The summed E-state index contributed by atoms with van der Waals surface area (Å²) in [4.78, 5) is 0. The Morgan fingerprint density at radius 3 is 1.95 bits per heavy atom. The number of para-hydroxylation sites is 1. The Labute approximate surface area is 150 Å². The van der Waals surface area contributed by atoms with E-state index in [9.17, 15) is 0 Å². The van der Waals surface area contributed by atoms with E-state index < -0.39 is 17.0 Å². The Morgan fingerprint density at radius 2 is 1.43 bits per heavy atom. The van der Waals surface area contributed by atoms with Crippen molar-refractivity contribution in [1.82, 2.24) is 0 Å². The maximum absolute atomic E-state index is 8.94. The van der Waals surface area contributed by atoms with Gasteiger partial charge in [0.15, 0.2) is 5.75 Å². The number of phenolic OH excluding ortho intramolecular Hbond substituents is 1. The third-order valence-electron chi connectivity index (χ3n) is 2.49. The van der Waals surface area contributed by atoms with E-state index in [2.05, 4.69) is 42.5 Å². The third kappa shape index (κ3) is 6.56. The average Bonchev–Trinajstić information content (AvgIpc) is 2.95. The van der Waals surface area contributed by atoms with Crippen molar-refractivity contribution in [3.63, 3.8) is 0 Å². The molecule has 0 aliphatic carbocycles. The van der Waals surface area contributed by atoms with E-state index in [0.717, 1.165) is 0 Å². The van der Waals surface area contributed by atoms with Gasteiger partial charge in [0.05, 0.1) is 10.0 Å². The van der Waals surface area contributed by atoms with Crippen molar-refractivity contribution < 1.29 is 22.1 Å². The molecule has 3 aromatic carbocycles. The van der Waals surface area contributed by atoms with Gasteiger partial charge >= 0.3 is 35.6 Å². The normalized spacial score (nSPS) is 9.14. The number of halogens is 4. The molecule has 110 valence electrons. The monoisotopic (exact) mass is 395 g/mol. The van der Waals surface area contributed by atoms with Gasteiger partial charge in [0.25, 0.3) is 0 Å². The fourth-order valence-corrected chi connectivity index (χ4v) is 1.96. The minimum Gasteiger partial charge on any atom is -0.168 e. The number of aromatic hydroxyl groups is 1. The summed E-state index contributed by atoms with van der Waals surface area (Å²) in [6, 6.07) is 19.5. The quantitative estimate of drug-likeness (QED) is 0.334. The van der Waals surface area contributed by atoms with E-state index in [-0.39, 0.29) is 15.8 Å². The molecule has 0 saturated heterocycles. The van der Waals surface area contributed by atoms with Crippen LogP contribution in [0.25, 0.3) is 10.8 Å². The molecule has 0 saturated carbocycles. The molecular formula is C15H11Cl4OTi-. The van der Waals surface area contributed by atoms with Crippen LogP contribution in [0.2, 0.25) is 10.0 Å². The van der Waals surface area contributed by atoms with Crippen molar-refractivity contribution in [2.75, 3.05) is 0 Å². The van der Waals surface area contributed by atoms with Crippen LogP contribution < -0.4 is 0 Å². The number of phenols is 1. The van der Waals surface area contributed by atoms with E-state index in [0.29, 0.717) is 0 Å². The first-order valence-electron chi connectivity index (χ1n) is 5.79. The molecule has 0 spiro atoms. The van der Waals surface area contributed by atoms with Crippen LogP contribution in [0.5, 0.6) is 5.75 Å². The minimum absolute atomic E-state index is 0.0548. The van der Waals surface area contributed by atoms with E-state index in [1.54, 1.807) is 18.2 Å². The van der Waals surface area contributed by atoms with Crippen molar-refractivity contribution in [3.05, 3.63) is 70.7 Å². The van der Waals surface area contributed by atoms with E-state index in [1.165, 1.54) is 10.8 Å². The summed E-state index contributed by atoms with van der Waals surface area (Å²) < 4.78 is 0. The van der Waals surface area contributed by atoms with Gasteiger partial charge in [0, 0.05) is 0 Å². The molecule has 1 N–H and O–H groups in total. The van der Waals surface area contributed by atoms with Gasteiger partial charge in [-0.15, -0.1) is 29.7 Å². The van der Waals surface area contributed by atoms with Crippen molar-refractivity contribution >= 4 is 52.6 Å². The Morgan fingerprint density at radius 1 is 0.857 bits per heavy atom. The van der Waals surface area contributed by atoms with Crippen LogP contribution in [0, 0.1) is 0 Å². The number of hydrogen-bond acceptors (Lipinski definition) is 1. The summed E-state index contributed by atoms with van der Waals surface area (Å²) in [5.41, 5.74) is 0. The Balaban J connectivity index is 0.000000178. The number of hydrogen-bond donors (Lipinski definition) is 1. The molecule has 0 bridgehead atoms. The van der Waals surface area contributed by atoms with Crippen LogP contribution in [0.4, 0.5) is 0 Å². The first kappa shape index (κ1) is 18.8. The second-order valence-electron chi connectivity index (χ2n) is 3.80. The van der Waals surface area contributed by atoms with Crippen LogP contribution in [-0.4, -0.2) is 5.11 Å². The maximum Gasteiger partial charge on any atom is -0.0809 e. The summed E-state index contributed by atoms with van der Waals surface area (Å²) in [6.07, 6.45) is 0. The average molecular weight is 397 g/mol. The molecule has 0 aliphatic heterocycles. The van der Waals surface area contributed by atoms with Gasteiger partial charge < -0.3 is 5.11 Å². The van der Waals surface area contributed by atoms with Crippen LogP contribution in [0.15, 0.2) is 60.7 Å². The van der Waals surface area contributed by atoms with Crippen LogP contribution in [0.1, 0.15) is 0 Å². The second-order valence-corrected chi connectivity index (χ2v) is 7.19. The van der Waals surface area contributed by atoms with Crippen LogP contribution in [-0.2, 0) is 17.0 Å². The van der Waals surface area contributed by atoms with E-state index in [1.807, 2.05) is 0 Å². The standard InChI is InChI=1S/C9H7.C6H4Cl2O.2ClH.Ti/c1-2-5-9-7-3-6-8(9)4-1;7-4-2-1-3-5(8)6(4)9;;;/h1-7H;1-3,9H;2*1H;/q-1;;;;+2/p-2. The molecule has 0 fully saturated rings. The summed E-state index contributed by atoms with van der Waals surface area (Å²) in [6.45, 7) is 0. The number of benzene rings is 2. The molecule has 21 heavy (non-hydrogen) atoms. The molecule has 0 aliphatic rings. The zero-order valence-corrected chi connectivity index (χ0v) is 15.3. The Hall–Kier alpha value is -0.276. The largest absolute Gasteiger partial charge is 0.168 e. The maximum atomic E-state index is 8.94. The van der Waals surface area contributed by atoms with Crippen molar-refractivity contribution in [3.8, 4) is 5.75 Å². The zero-order valence-electron chi connectivity index (χ0n) is 10.7. The van der Waals surface area contributed by atoms with Gasteiger partial charge in [-0.3, -0.25) is 0 Å². The molecule has 6 heteroatoms. The zero-order chi connectivity index (χ0) is 15.7. The van der Waals surface area contributed by atoms with Crippen LogP contribution in [0.3, 0.4) is 0 Å². The second kappa shape index (κ2) is 10.5.